The highest BCUT2D eigenvalue weighted by Crippen LogP contribution is 2.27. The van der Waals surface area contributed by atoms with Crippen LogP contribution in [-0.2, 0) is 4.74 Å². The normalized spacial score (nSPS) is 22.7. The van der Waals surface area contributed by atoms with Gasteiger partial charge in [-0.25, -0.2) is 9.97 Å². The van der Waals surface area contributed by atoms with Crippen molar-refractivity contribution in [1.82, 2.24) is 14.9 Å². The number of rotatable bonds is 7. The van der Waals surface area contributed by atoms with Crippen molar-refractivity contribution in [3.05, 3.63) is 60.3 Å². The number of aliphatic hydroxyl groups excluding tert-OH is 1. The number of nitrogens with one attached hydrogen (secondary N) is 1. The van der Waals surface area contributed by atoms with Crippen LogP contribution in [0.2, 0.25) is 0 Å². The van der Waals surface area contributed by atoms with Crippen LogP contribution in [0.4, 0.5) is 5.95 Å². The van der Waals surface area contributed by atoms with Crippen molar-refractivity contribution < 1.29 is 14.6 Å². The second kappa shape index (κ2) is 10.5. The van der Waals surface area contributed by atoms with Gasteiger partial charge in [0.1, 0.15) is 11.9 Å². The Balaban J connectivity index is 1.33. The average molecular weight is 449 g/mol. The van der Waals surface area contributed by atoms with Crippen LogP contribution in [0.3, 0.4) is 0 Å². The molecule has 0 radical (unpaired) electrons. The molecule has 7 heteroatoms. The minimum Gasteiger partial charge on any atom is -0.484 e. The molecule has 0 amide bonds. The molecule has 2 aromatic carbocycles. The third kappa shape index (κ3) is 5.79. The quantitative estimate of drug-likeness (QED) is 0.569. The molecule has 2 aliphatic rings. The fraction of sp³-hybridized carbons (Fsp3) is 0.462. The summed E-state index contributed by atoms with van der Waals surface area (Å²) in [7, 11) is 0. The van der Waals surface area contributed by atoms with Crippen LogP contribution >= 0.6 is 0 Å². The van der Waals surface area contributed by atoms with Gasteiger partial charge in [0.15, 0.2) is 0 Å². The zero-order chi connectivity index (χ0) is 22.5. The van der Waals surface area contributed by atoms with Gasteiger partial charge < -0.3 is 19.9 Å². The molecule has 7 nitrogen and oxygen atoms in total. The van der Waals surface area contributed by atoms with Gasteiger partial charge in [0.25, 0.3) is 0 Å². The number of benzene rings is 2. The molecular weight excluding hydrogens is 416 g/mol. The SMILES string of the molecule is OC1CCC(Nc2ncc3ccc(OC(CN4CCOCC4)c4ccccc4)cc3n2)CC1. The maximum Gasteiger partial charge on any atom is 0.223 e. The van der Waals surface area contributed by atoms with Crippen LogP contribution in [-0.4, -0.2) is 65.0 Å². The maximum absolute atomic E-state index is 9.74. The lowest BCUT2D eigenvalue weighted by Gasteiger charge is -2.31. The minimum absolute atomic E-state index is 0.0742. The first-order chi connectivity index (χ1) is 16.2. The Kier molecular flexibility index (Phi) is 7.00. The Morgan fingerprint density at radius 3 is 2.64 bits per heavy atom. The van der Waals surface area contributed by atoms with Crippen LogP contribution in [0.25, 0.3) is 10.9 Å². The lowest BCUT2D eigenvalue weighted by atomic mass is 9.93. The van der Waals surface area contributed by atoms with Crippen molar-refractivity contribution in [2.24, 2.45) is 0 Å². The minimum atomic E-state index is -0.171. The molecule has 1 unspecified atom stereocenters. The Labute approximate surface area is 194 Å². The molecule has 1 aromatic heterocycles. The molecular formula is C26H32N4O3. The first kappa shape index (κ1) is 22.1. The summed E-state index contributed by atoms with van der Waals surface area (Å²) in [5.41, 5.74) is 2.02. The van der Waals surface area contributed by atoms with Crippen LogP contribution < -0.4 is 10.1 Å². The predicted molar refractivity (Wildman–Crippen MR) is 128 cm³/mol. The Morgan fingerprint density at radius 2 is 1.85 bits per heavy atom. The molecule has 0 spiro atoms. The standard InChI is InChI=1S/C26H32N4O3/c31-22-9-7-21(8-10-22)28-26-27-17-20-6-11-23(16-24(20)29-26)33-25(19-4-2-1-3-5-19)18-30-12-14-32-15-13-30/h1-6,11,16-17,21-22,25,31H,7-10,12-15,18H2,(H,27,28,29). The van der Waals surface area contributed by atoms with E-state index in [1.165, 1.54) is 0 Å². The second-order valence-corrected chi connectivity index (χ2v) is 8.99. The number of fused-ring (bicyclic) bond motifs is 1. The lowest BCUT2D eigenvalue weighted by Crippen LogP contribution is -2.39. The van der Waals surface area contributed by atoms with Crippen molar-refractivity contribution in [3.63, 3.8) is 0 Å². The Morgan fingerprint density at radius 1 is 1.06 bits per heavy atom. The number of hydrogen-bond donors (Lipinski definition) is 2. The van der Waals surface area contributed by atoms with Crippen molar-refractivity contribution in [3.8, 4) is 5.75 Å². The highest BCUT2D eigenvalue weighted by atomic mass is 16.5. The van der Waals surface area contributed by atoms with Gasteiger partial charge in [-0.3, -0.25) is 4.90 Å². The molecule has 2 N–H and O–H groups in total. The molecule has 174 valence electrons. The van der Waals surface area contributed by atoms with E-state index in [0.717, 1.165) is 80.7 Å². The molecule has 1 saturated heterocycles. The summed E-state index contributed by atoms with van der Waals surface area (Å²) in [4.78, 5) is 11.6. The summed E-state index contributed by atoms with van der Waals surface area (Å²) >= 11 is 0. The number of morpholine rings is 1. The number of aliphatic hydroxyl groups is 1. The number of aromatic nitrogens is 2. The van der Waals surface area contributed by atoms with E-state index in [0.29, 0.717) is 12.0 Å². The summed E-state index contributed by atoms with van der Waals surface area (Å²) < 4.78 is 12.0. The summed E-state index contributed by atoms with van der Waals surface area (Å²) in [6.45, 7) is 4.19. The lowest BCUT2D eigenvalue weighted by molar-refractivity contribution is 0.0189. The van der Waals surface area contributed by atoms with Gasteiger partial charge in [-0.15, -0.1) is 0 Å². The number of ether oxygens (including phenoxy) is 2. The fourth-order valence-electron chi connectivity index (χ4n) is 4.61. The third-order valence-corrected chi connectivity index (χ3v) is 6.56. The zero-order valence-corrected chi connectivity index (χ0v) is 18.9. The summed E-state index contributed by atoms with van der Waals surface area (Å²) in [5.74, 6) is 1.43. The van der Waals surface area contributed by atoms with E-state index in [2.05, 4.69) is 39.5 Å². The second-order valence-electron chi connectivity index (χ2n) is 8.99. The van der Waals surface area contributed by atoms with Crippen molar-refractivity contribution in [2.75, 3.05) is 38.2 Å². The van der Waals surface area contributed by atoms with E-state index in [1.807, 2.05) is 30.5 Å². The molecule has 33 heavy (non-hydrogen) atoms. The van der Waals surface area contributed by atoms with Crippen molar-refractivity contribution >= 4 is 16.9 Å². The highest BCUT2D eigenvalue weighted by Gasteiger charge is 2.21. The van der Waals surface area contributed by atoms with E-state index in [4.69, 9.17) is 14.5 Å². The smallest absolute Gasteiger partial charge is 0.223 e. The van der Waals surface area contributed by atoms with Crippen LogP contribution in [0, 0.1) is 0 Å². The van der Waals surface area contributed by atoms with Crippen LogP contribution in [0.15, 0.2) is 54.7 Å². The van der Waals surface area contributed by atoms with E-state index in [-0.39, 0.29) is 12.2 Å². The number of anilines is 1. The van der Waals surface area contributed by atoms with Gasteiger partial charge in [0.2, 0.25) is 5.95 Å². The molecule has 2 heterocycles. The largest absolute Gasteiger partial charge is 0.484 e. The summed E-state index contributed by atoms with van der Waals surface area (Å²) in [6, 6.07) is 16.7. The van der Waals surface area contributed by atoms with E-state index >= 15 is 0 Å². The van der Waals surface area contributed by atoms with Gasteiger partial charge in [-0.2, -0.15) is 0 Å². The fourth-order valence-corrected chi connectivity index (χ4v) is 4.61. The average Bonchev–Trinajstić information content (AvgIpc) is 2.86. The van der Waals surface area contributed by atoms with Crippen molar-refractivity contribution in [2.45, 2.75) is 43.9 Å². The molecule has 1 aliphatic heterocycles. The molecule has 0 bridgehead atoms. The molecule has 1 atom stereocenters. The van der Waals surface area contributed by atoms with Gasteiger partial charge >= 0.3 is 0 Å². The molecule has 3 aromatic rings. The topological polar surface area (TPSA) is 79.7 Å². The molecule has 5 rings (SSSR count). The highest BCUT2D eigenvalue weighted by molar-refractivity contribution is 5.80. The van der Waals surface area contributed by atoms with Crippen molar-refractivity contribution in [1.29, 1.82) is 0 Å². The van der Waals surface area contributed by atoms with Gasteiger partial charge in [-0.1, -0.05) is 30.3 Å². The molecule has 2 fully saturated rings. The van der Waals surface area contributed by atoms with Crippen LogP contribution in [0.5, 0.6) is 5.75 Å². The first-order valence-electron chi connectivity index (χ1n) is 12.0. The van der Waals surface area contributed by atoms with E-state index in [1.54, 1.807) is 0 Å². The monoisotopic (exact) mass is 448 g/mol. The van der Waals surface area contributed by atoms with Crippen LogP contribution in [0.1, 0.15) is 37.4 Å². The summed E-state index contributed by atoms with van der Waals surface area (Å²) in [6.07, 6.45) is 5.14. The predicted octanol–water partition coefficient (Wildman–Crippen LogP) is 3.80. The van der Waals surface area contributed by atoms with Gasteiger partial charge in [-0.05, 0) is 43.4 Å². The van der Waals surface area contributed by atoms with Gasteiger partial charge in [0.05, 0.1) is 24.8 Å². The Bertz CT molecular complexity index is 1030. The zero-order valence-electron chi connectivity index (χ0n) is 18.9. The molecule has 1 saturated carbocycles. The number of hydrogen-bond acceptors (Lipinski definition) is 7. The summed E-state index contributed by atoms with van der Waals surface area (Å²) in [5, 5.41) is 14.2. The first-order valence-corrected chi connectivity index (χ1v) is 12.0. The number of nitrogens with zero attached hydrogens (tertiary/aromatic N) is 3. The Hall–Kier alpha value is -2.74. The molecule has 1 aliphatic carbocycles. The van der Waals surface area contributed by atoms with Gasteiger partial charge in [0, 0.05) is 43.3 Å². The third-order valence-electron chi connectivity index (χ3n) is 6.56. The maximum atomic E-state index is 9.74. The van der Waals surface area contributed by atoms with E-state index < -0.39 is 0 Å². The van der Waals surface area contributed by atoms with E-state index in [9.17, 15) is 5.11 Å².